The van der Waals surface area contributed by atoms with E-state index in [0.717, 1.165) is 6.42 Å². The van der Waals surface area contributed by atoms with Gasteiger partial charge in [0.1, 0.15) is 18.1 Å². The number of aliphatic imine (C=N–C) groups is 2. The zero-order chi connectivity index (χ0) is 28.7. The lowest BCUT2D eigenvalue weighted by Gasteiger charge is -2.24. The molecule has 1 saturated heterocycles. The Morgan fingerprint density at radius 2 is 1.34 bits per heavy atom. The van der Waals surface area contributed by atoms with Gasteiger partial charge < -0.3 is 54.4 Å². The molecule has 0 radical (unpaired) electrons. The predicted molar refractivity (Wildman–Crippen MR) is 137 cm³/mol. The van der Waals surface area contributed by atoms with Gasteiger partial charge in [-0.2, -0.15) is 0 Å². The number of nitrogens with zero attached hydrogens (tertiary/aromatic N) is 2. The molecule has 0 spiro atoms. The van der Waals surface area contributed by atoms with Crippen LogP contribution in [0, 0.1) is 0 Å². The summed E-state index contributed by atoms with van der Waals surface area (Å²) >= 11 is 0. The third kappa shape index (κ3) is 12.7. The second-order valence-corrected chi connectivity index (χ2v) is 8.67. The van der Waals surface area contributed by atoms with Gasteiger partial charge in [0.25, 0.3) is 0 Å². The standard InChI is InChI=1S/C21H38N10O7/c22-20(23)27-8-2-5-12(29-16(34)11-4-1-7-26-11)17(35)31-14(10-15(32)33)18(36)30-13(19(37)38)6-3-9-28-21(24)25/h11-14,26H,1-10H2,(H,29,34)(H,30,36)(H,31,35)(H,32,33)(H,37,38)(H4,22,23,27)(H4,24,25,28). The van der Waals surface area contributed by atoms with Crippen molar-refractivity contribution < 1.29 is 34.2 Å². The van der Waals surface area contributed by atoms with Crippen molar-refractivity contribution in [2.45, 2.75) is 69.1 Å². The van der Waals surface area contributed by atoms with Gasteiger partial charge in [-0.15, -0.1) is 0 Å². The molecule has 1 aliphatic heterocycles. The largest absolute Gasteiger partial charge is 0.481 e. The van der Waals surface area contributed by atoms with Gasteiger partial charge >= 0.3 is 11.9 Å². The van der Waals surface area contributed by atoms with Gasteiger partial charge in [-0.05, 0) is 45.1 Å². The van der Waals surface area contributed by atoms with Crippen LogP contribution in [0.5, 0.6) is 0 Å². The molecule has 0 aromatic carbocycles. The Morgan fingerprint density at radius 1 is 0.816 bits per heavy atom. The summed E-state index contributed by atoms with van der Waals surface area (Å²) in [5.41, 5.74) is 21.0. The number of carboxylic acid groups (broad SMARTS) is 2. The molecule has 38 heavy (non-hydrogen) atoms. The lowest BCUT2D eigenvalue weighted by atomic mass is 10.1. The number of nitrogens with two attached hydrogens (primary N) is 4. The highest BCUT2D eigenvalue weighted by Crippen LogP contribution is 2.08. The van der Waals surface area contributed by atoms with Gasteiger partial charge in [0.15, 0.2) is 11.9 Å². The molecule has 0 aliphatic carbocycles. The molecule has 17 heteroatoms. The summed E-state index contributed by atoms with van der Waals surface area (Å²) < 4.78 is 0. The van der Waals surface area contributed by atoms with E-state index in [0.29, 0.717) is 19.4 Å². The third-order valence-electron chi connectivity index (χ3n) is 5.53. The number of carbonyl (C=O) groups is 5. The highest BCUT2D eigenvalue weighted by atomic mass is 16.4. The molecule has 0 bridgehead atoms. The molecular formula is C21H38N10O7. The summed E-state index contributed by atoms with van der Waals surface area (Å²) in [5.74, 6) is -5.34. The Bertz CT molecular complexity index is 897. The summed E-state index contributed by atoms with van der Waals surface area (Å²) in [4.78, 5) is 69.0. The topological polar surface area (TPSA) is 303 Å². The van der Waals surface area contributed by atoms with Crippen LogP contribution in [0.1, 0.15) is 44.9 Å². The van der Waals surface area contributed by atoms with E-state index < -0.39 is 60.2 Å². The number of nitrogens with one attached hydrogen (secondary N) is 4. The number of carboxylic acids is 2. The fraction of sp³-hybridized carbons (Fsp3) is 0.667. The third-order valence-corrected chi connectivity index (χ3v) is 5.53. The first-order chi connectivity index (χ1) is 17.9. The number of hydrogen-bond donors (Lipinski definition) is 10. The van der Waals surface area contributed by atoms with E-state index in [9.17, 15) is 34.2 Å². The molecule has 0 saturated carbocycles. The quantitative estimate of drug-likeness (QED) is 0.0476. The van der Waals surface area contributed by atoms with Crippen LogP contribution in [0.25, 0.3) is 0 Å². The number of amides is 3. The first-order valence-electron chi connectivity index (χ1n) is 12.1. The van der Waals surface area contributed by atoms with Crippen molar-refractivity contribution in [3.8, 4) is 0 Å². The average molecular weight is 543 g/mol. The first kappa shape index (κ1) is 31.9. The number of hydrogen-bond acceptors (Lipinski definition) is 8. The van der Waals surface area contributed by atoms with E-state index in [1.54, 1.807) is 0 Å². The maximum Gasteiger partial charge on any atom is 0.326 e. The van der Waals surface area contributed by atoms with Crippen LogP contribution in [0.15, 0.2) is 9.98 Å². The number of guanidine groups is 2. The van der Waals surface area contributed by atoms with E-state index in [1.807, 2.05) is 0 Å². The molecule has 214 valence electrons. The summed E-state index contributed by atoms with van der Waals surface area (Å²) in [5, 5.41) is 28.9. The lowest BCUT2D eigenvalue weighted by molar-refractivity contribution is -0.143. The minimum absolute atomic E-state index is 0.0521. The van der Waals surface area contributed by atoms with Crippen molar-refractivity contribution in [1.29, 1.82) is 0 Å². The van der Waals surface area contributed by atoms with Gasteiger partial charge in [0.05, 0.1) is 12.5 Å². The van der Waals surface area contributed by atoms with Crippen molar-refractivity contribution in [2.24, 2.45) is 32.9 Å². The zero-order valence-corrected chi connectivity index (χ0v) is 21.0. The second-order valence-electron chi connectivity index (χ2n) is 8.67. The van der Waals surface area contributed by atoms with Crippen LogP contribution in [-0.2, 0) is 24.0 Å². The highest BCUT2D eigenvalue weighted by molar-refractivity contribution is 5.95. The first-order valence-corrected chi connectivity index (χ1v) is 12.1. The SMILES string of the molecule is NC(N)=NCCCC(NC(=O)C(CC(=O)O)NC(=O)C(CCCN=C(N)N)NC(=O)C1CCCN1)C(=O)O. The lowest BCUT2D eigenvalue weighted by Crippen LogP contribution is -2.57. The Kier molecular flexibility index (Phi) is 13.9. The van der Waals surface area contributed by atoms with Crippen LogP contribution in [0.4, 0.5) is 0 Å². The number of carbonyl (C=O) groups excluding carboxylic acids is 3. The molecule has 0 aromatic rings. The molecule has 17 nitrogen and oxygen atoms in total. The van der Waals surface area contributed by atoms with Crippen molar-refractivity contribution in [2.75, 3.05) is 19.6 Å². The minimum Gasteiger partial charge on any atom is -0.481 e. The van der Waals surface area contributed by atoms with E-state index in [-0.39, 0.29) is 44.3 Å². The van der Waals surface area contributed by atoms with Gasteiger partial charge in [-0.25, -0.2) is 4.79 Å². The van der Waals surface area contributed by atoms with Crippen LogP contribution in [0.3, 0.4) is 0 Å². The molecule has 1 heterocycles. The second kappa shape index (κ2) is 16.6. The normalized spacial score (nSPS) is 16.8. The van der Waals surface area contributed by atoms with Crippen LogP contribution in [0.2, 0.25) is 0 Å². The smallest absolute Gasteiger partial charge is 0.326 e. The van der Waals surface area contributed by atoms with Gasteiger partial charge in [-0.3, -0.25) is 29.2 Å². The van der Waals surface area contributed by atoms with Crippen molar-refractivity contribution in [1.82, 2.24) is 21.3 Å². The number of rotatable bonds is 17. The summed E-state index contributed by atoms with van der Waals surface area (Å²) in [7, 11) is 0. The van der Waals surface area contributed by atoms with Crippen molar-refractivity contribution in [3.63, 3.8) is 0 Å². The molecule has 4 atom stereocenters. The molecule has 14 N–H and O–H groups in total. The molecule has 3 amide bonds. The fourth-order valence-electron chi connectivity index (χ4n) is 3.64. The van der Waals surface area contributed by atoms with E-state index >= 15 is 0 Å². The van der Waals surface area contributed by atoms with Crippen LogP contribution >= 0.6 is 0 Å². The Labute approximate surface area is 219 Å². The summed E-state index contributed by atoms with van der Waals surface area (Å²) in [6.07, 6.45) is 1.09. The maximum absolute atomic E-state index is 13.1. The van der Waals surface area contributed by atoms with Gasteiger partial charge in [-0.1, -0.05) is 0 Å². The molecular weight excluding hydrogens is 504 g/mol. The Balaban J connectivity index is 2.93. The number of aliphatic carboxylic acids is 2. The van der Waals surface area contributed by atoms with Crippen molar-refractivity contribution in [3.05, 3.63) is 0 Å². The average Bonchev–Trinajstić information content (AvgIpc) is 3.36. The van der Waals surface area contributed by atoms with Crippen LogP contribution < -0.4 is 44.2 Å². The van der Waals surface area contributed by atoms with E-state index in [1.165, 1.54) is 0 Å². The highest BCUT2D eigenvalue weighted by Gasteiger charge is 2.32. The molecule has 1 fully saturated rings. The predicted octanol–water partition coefficient (Wildman–Crippen LogP) is -4.14. The maximum atomic E-state index is 13.1. The fourth-order valence-corrected chi connectivity index (χ4v) is 3.64. The molecule has 4 unspecified atom stereocenters. The zero-order valence-electron chi connectivity index (χ0n) is 21.0. The Morgan fingerprint density at radius 3 is 1.82 bits per heavy atom. The van der Waals surface area contributed by atoms with E-state index in [4.69, 9.17) is 22.9 Å². The minimum atomic E-state index is -1.61. The molecule has 1 aliphatic rings. The molecule has 0 aromatic heterocycles. The monoisotopic (exact) mass is 542 g/mol. The van der Waals surface area contributed by atoms with E-state index in [2.05, 4.69) is 31.3 Å². The van der Waals surface area contributed by atoms with Crippen LogP contribution in [-0.4, -0.2) is 95.6 Å². The molecule has 1 rings (SSSR count). The Hall–Kier alpha value is -4.15. The summed E-state index contributed by atoms with van der Waals surface area (Å²) in [6, 6.07) is -4.61. The summed E-state index contributed by atoms with van der Waals surface area (Å²) in [6.45, 7) is 0.939. The van der Waals surface area contributed by atoms with Gasteiger partial charge in [0.2, 0.25) is 17.7 Å². The van der Waals surface area contributed by atoms with Gasteiger partial charge in [0, 0.05) is 13.1 Å². The van der Waals surface area contributed by atoms with Crippen molar-refractivity contribution >= 4 is 41.6 Å².